The van der Waals surface area contributed by atoms with E-state index in [4.69, 9.17) is 13.7 Å². The standard InChI is InChI=1S/C27H35N4O7PSi/c1-27(2,3)40(4,5)38-22-21(37-39(34)35)19(15-32)36-26(22)31-14-18-12-9-13-30(23-20(18)24(31)29-16-28-23)25(33)17-10-7-6-8-11-17/h6-8,10-11,14,16,19,21-22,26,32H,9,12-13,15H2,1-5H3/t19-,21-,22-,26-/m1/s1. The minimum atomic E-state index is -3.23. The van der Waals surface area contributed by atoms with Crippen molar-refractivity contribution in [2.45, 2.75) is 76.3 Å². The SMILES string of the molecule is CC(C)(C)[Si](C)(C)O[C@@H]1[C@H](O[P+](=O)[O-])[C@@H](CO)O[C@H]1n1cc2c3c(ncnc31)N(C(=O)c1ccccc1)CCC2. The molecule has 0 spiro atoms. The maximum atomic E-state index is 13.5. The number of carbonyl (C=O) groups is 1. The Bertz CT molecular complexity index is 1410. The number of benzene rings is 1. The summed E-state index contributed by atoms with van der Waals surface area (Å²) in [5.41, 5.74) is 2.05. The van der Waals surface area contributed by atoms with Gasteiger partial charge in [0.05, 0.1) is 12.0 Å². The molecule has 40 heavy (non-hydrogen) atoms. The van der Waals surface area contributed by atoms with Crippen molar-refractivity contribution >= 4 is 39.3 Å². The number of hydrogen-bond acceptors (Lipinski definition) is 9. The van der Waals surface area contributed by atoms with Gasteiger partial charge in [-0.15, -0.1) is 4.52 Å². The lowest BCUT2D eigenvalue weighted by molar-refractivity contribution is -0.193. The van der Waals surface area contributed by atoms with Gasteiger partial charge in [0.1, 0.15) is 30.0 Å². The summed E-state index contributed by atoms with van der Waals surface area (Å²) in [7, 11) is -5.69. The van der Waals surface area contributed by atoms with Crippen LogP contribution in [0.15, 0.2) is 42.9 Å². The molecule has 13 heteroatoms. The first-order valence-electron chi connectivity index (χ1n) is 13.4. The van der Waals surface area contributed by atoms with E-state index in [2.05, 4.69) is 43.8 Å². The van der Waals surface area contributed by atoms with Gasteiger partial charge in [-0.05, 0) is 53.2 Å². The molecule has 0 radical (unpaired) electrons. The molecule has 2 aliphatic rings. The first-order chi connectivity index (χ1) is 18.9. The van der Waals surface area contributed by atoms with Crippen LogP contribution in [0.1, 0.15) is 49.3 Å². The molecule has 3 aromatic rings. The van der Waals surface area contributed by atoms with Gasteiger partial charge in [-0.25, -0.2) is 9.97 Å². The molecule has 1 fully saturated rings. The van der Waals surface area contributed by atoms with Crippen LogP contribution in [0.3, 0.4) is 0 Å². The number of aryl methyl sites for hydroxylation is 1. The zero-order valence-corrected chi connectivity index (χ0v) is 25.2. The molecule has 1 unspecified atom stereocenters. The van der Waals surface area contributed by atoms with E-state index in [0.717, 1.165) is 10.9 Å². The average Bonchev–Trinajstić information content (AvgIpc) is 3.36. The number of anilines is 1. The number of amides is 1. The Labute approximate surface area is 235 Å². The highest BCUT2D eigenvalue weighted by molar-refractivity contribution is 7.30. The molecule has 0 aliphatic carbocycles. The van der Waals surface area contributed by atoms with Crippen LogP contribution in [0.4, 0.5) is 5.82 Å². The fraction of sp³-hybridized carbons (Fsp3) is 0.519. The first-order valence-corrected chi connectivity index (χ1v) is 17.4. The lowest BCUT2D eigenvalue weighted by atomic mass is 10.1. The van der Waals surface area contributed by atoms with Crippen molar-refractivity contribution in [3.8, 4) is 0 Å². The largest absolute Gasteiger partial charge is 0.566 e. The molecule has 5 atom stereocenters. The van der Waals surface area contributed by atoms with Crippen molar-refractivity contribution < 1.29 is 33.0 Å². The van der Waals surface area contributed by atoms with Gasteiger partial charge in [-0.1, -0.05) is 39.0 Å². The van der Waals surface area contributed by atoms with E-state index in [1.165, 1.54) is 6.33 Å². The maximum absolute atomic E-state index is 13.5. The monoisotopic (exact) mass is 586 g/mol. The summed E-state index contributed by atoms with van der Waals surface area (Å²) in [6.07, 6.45) is 1.08. The molecule has 0 bridgehead atoms. The third-order valence-corrected chi connectivity index (χ3v) is 13.1. The quantitative estimate of drug-likeness (QED) is 0.324. The molecule has 2 aromatic heterocycles. The third-order valence-electron chi connectivity index (χ3n) is 8.20. The van der Waals surface area contributed by atoms with Gasteiger partial charge in [0.15, 0.2) is 20.6 Å². The second-order valence-corrected chi connectivity index (χ2v) is 17.2. The minimum absolute atomic E-state index is 0.148. The molecule has 4 heterocycles. The number of rotatable bonds is 7. The van der Waals surface area contributed by atoms with E-state index >= 15 is 0 Å². The molecular formula is C27H35N4O7PSi. The highest BCUT2D eigenvalue weighted by atomic mass is 31.1. The highest BCUT2D eigenvalue weighted by Crippen LogP contribution is 2.45. The predicted molar refractivity (Wildman–Crippen MR) is 150 cm³/mol. The molecular weight excluding hydrogens is 551 g/mol. The van der Waals surface area contributed by atoms with Crippen molar-refractivity contribution in [3.63, 3.8) is 0 Å². The van der Waals surface area contributed by atoms with Gasteiger partial charge in [-0.3, -0.25) is 9.69 Å². The number of aliphatic hydroxyl groups is 1. The second-order valence-electron chi connectivity index (χ2n) is 11.8. The van der Waals surface area contributed by atoms with Crippen molar-refractivity contribution in [2.24, 2.45) is 0 Å². The lowest BCUT2D eigenvalue weighted by Crippen LogP contribution is -2.49. The summed E-state index contributed by atoms with van der Waals surface area (Å²) in [6, 6.07) is 9.08. The fourth-order valence-corrected chi connectivity index (χ4v) is 6.89. The van der Waals surface area contributed by atoms with Gasteiger partial charge in [-0.2, -0.15) is 0 Å². The number of aromatic nitrogens is 3. The van der Waals surface area contributed by atoms with E-state index in [0.29, 0.717) is 36.4 Å². The minimum Gasteiger partial charge on any atom is -0.566 e. The van der Waals surface area contributed by atoms with Crippen molar-refractivity contribution in [1.29, 1.82) is 0 Å². The summed E-state index contributed by atoms with van der Waals surface area (Å²) in [6.45, 7) is 10.4. The summed E-state index contributed by atoms with van der Waals surface area (Å²) in [5.74, 6) is 0.365. The number of carbonyl (C=O) groups excluding carboxylic acids is 1. The van der Waals surface area contributed by atoms with Gasteiger partial charge in [0.2, 0.25) is 0 Å². The number of ether oxygens (including phenoxy) is 1. The van der Waals surface area contributed by atoms with Crippen molar-refractivity contribution in [2.75, 3.05) is 18.1 Å². The van der Waals surface area contributed by atoms with Crippen LogP contribution in [0.5, 0.6) is 0 Å². The van der Waals surface area contributed by atoms with Crippen molar-refractivity contribution in [1.82, 2.24) is 14.5 Å². The van der Waals surface area contributed by atoms with Crippen LogP contribution >= 0.6 is 8.25 Å². The molecule has 1 aromatic carbocycles. The fourth-order valence-electron chi connectivity index (χ4n) is 5.15. The van der Waals surface area contributed by atoms with Gasteiger partial charge in [0, 0.05) is 18.3 Å². The summed E-state index contributed by atoms with van der Waals surface area (Å²) >= 11 is 0. The topological polar surface area (TPSA) is 139 Å². The van der Waals surface area contributed by atoms with E-state index < -0.39 is 47.7 Å². The van der Waals surface area contributed by atoms with Crippen molar-refractivity contribution in [3.05, 3.63) is 54.0 Å². The van der Waals surface area contributed by atoms with Crippen LogP contribution in [0.25, 0.3) is 11.0 Å². The summed E-state index contributed by atoms with van der Waals surface area (Å²) in [4.78, 5) is 36.0. The van der Waals surface area contributed by atoms with Crippen LogP contribution in [0.2, 0.25) is 18.1 Å². The molecule has 5 rings (SSSR count). The maximum Gasteiger partial charge on any atom is 0.488 e. The molecule has 11 nitrogen and oxygen atoms in total. The Kier molecular flexibility index (Phi) is 7.97. The molecule has 0 saturated carbocycles. The Balaban J connectivity index is 1.61. The van der Waals surface area contributed by atoms with Crippen LogP contribution in [-0.4, -0.2) is 65.3 Å². The van der Waals surface area contributed by atoms with Crippen LogP contribution < -0.4 is 9.79 Å². The Morgan fingerprint density at radius 2 is 1.95 bits per heavy atom. The number of nitrogens with zero attached hydrogens (tertiary/aromatic N) is 4. The number of hydrogen-bond donors (Lipinski definition) is 1. The van der Waals surface area contributed by atoms with E-state index in [-0.39, 0.29) is 10.9 Å². The van der Waals surface area contributed by atoms with Gasteiger partial charge < -0.3 is 23.7 Å². The normalized spacial score (nSPS) is 23.9. The molecule has 1 N–H and O–H groups in total. The Morgan fingerprint density at radius 1 is 1.23 bits per heavy atom. The number of aliphatic hydroxyl groups excluding tert-OH is 1. The first kappa shape index (κ1) is 28.9. The Hall–Kier alpha value is -2.57. The molecule has 2 aliphatic heterocycles. The second kappa shape index (κ2) is 11.0. The lowest BCUT2D eigenvalue weighted by Gasteiger charge is -2.40. The molecule has 1 amide bonds. The van der Waals surface area contributed by atoms with Crippen LogP contribution in [0, 0.1) is 0 Å². The summed E-state index contributed by atoms with van der Waals surface area (Å²) < 4.78 is 31.8. The average molecular weight is 587 g/mol. The van der Waals surface area contributed by atoms with Crippen LogP contribution in [-0.2, 0) is 24.7 Å². The van der Waals surface area contributed by atoms with E-state index in [1.54, 1.807) is 17.0 Å². The zero-order chi connectivity index (χ0) is 28.8. The molecule has 214 valence electrons. The molecule has 1 saturated heterocycles. The predicted octanol–water partition coefficient (Wildman–Crippen LogP) is 3.71. The smallest absolute Gasteiger partial charge is 0.488 e. The third kappa shape index (κ3) is 5.25. The van der Waals surface area contributed by atoms with E-state index in [1.807, 2.05) is 29.0 Å². The highest BCUT2D eigenvalue weighted by Gasteiger charge is 2.54. The van der Waals surface area contributed by atoms with E-state index in [9.17, 15) is 19.4 Å². The zero-order valence-electron chi connectivity index (χ0n) is 23.3. The van der Waals surface area contributed by atoms with Gasteiger partial charge >= 0.3 is 8.25 Å². The van der Waals surface area contributed by atoms with Gasteiger partial charge in [0.25, 0.3) is 5.91 Å². The summed E-state index contributed by atoms with van der Waals surface area (Å²) in [5, 5.41) is 10.7. The Morgan fingerprint density at radius 3 is 2.60 bits per heavy atom.